The lowest BCUT2D eigenvalue weighted by Gasteiger charge is -2.26. The van der Waals surface area contributed by atoms with Gasteiger partial charge in [0.1, 0.15) is 5.82 Å². The summed E-state index contributed by atoms with van der Waals surface area (Å²) >= 11 is 0.178. The second-order valence-corrected chi connectivity index (χ2v) is 8.94. The minimum absolute atomic E-state index is 0.0933. The molecule has 1 amide bonds. The van der Waals surface area contributed by atoms with E-state index in [1.807, 2.05) is 61.3 Å². The molecule has 0 bridgehead atoms. The Labute approximate surface area is 219 Å². The Morgan fingerprint density at radius 3 is 2.28 bits per heavy atom. The molecule has 0 atom stereocenters. The number of nitrogens with zero attached hydrogens (tertiary/aromatic N) is 1. The summed E-state index contributed by atoms with van der Waals surface area (Å²) in [7, 11) is 3.69. The van der Waals surface area contributed by atoms with E-state index < -0.39 is 0 Å². The average Bonchev–Trinajstić information content (AvgIpc) is 2.90. The number of unbranched alkanes of at least 4 members (excludes halogenated alkanes) is 1. The molecule has 7 heteroatoms. The van der Waals surface area contributed by atoms with Crippen LogP contribution in [-0.4, -0.2) is 38.0 Å². The van der Waals surface area contributed by atoms with Gasteiger partial charge in [-0.15, -0.1) is 0 Å². The lowest BCUT2D eigenvalue weighted by molar-refractivity contribution is 0.0954. The molecule has 0 aromatic heterocycles. The number of para-hydroxylation sites is 1. The van der Waals surface area contributed by atoms with Crippen molar-refractivity contribution in [2.24, 2.45) is 0 Å². The molecule has 0 unspecified atom stereocenters. The number of anilines is 1. The first kappa shape index (κ1) is 28.8. The Hall–Kier alpha value is -3.45. The Bertz CT molecular complexity index is 1130. The monoisotopic (exact) mass is 508 g/mol. The molecule has 0 aliphatic carbocycles. The molecule has 0 spiro atoms. The fraction of sp³-hybridized carbons (Fsp3) is 0.276. The number of amides is 1. The molecule has 0 aliphatic rings. The standard InChI is InChI=1S/C29H37FN4OS/c1-7-27(36-30)23(4)34(6)28(20-22(3)24-15-9-8-14-21(24)2)32-18-12-13-19-33-29(35)25-16-10-11-17-26(25)31-5/h7-11,14-17,20,31-32H,1,3,12-13,18-19H2,2,4-6H3,(H,33,35)/b27-23+,28-20-. The molecule has 0 radical (unpaired) electrons. The van der Waals surface area contributed by atoms with Crippen molar-refractivity contribution in [2.75, 3.05) is 32.5 Å². The van der Waals surface area contributed by atoms with E-state index in [1.54, 1.807) is 13.1 Å². The molecule has 2 aromatic rings. The Morgan fingerprint density at radius 1 is 1.06 bits per heavy atom. The number of aryl methyl sites for hydroxylation is 1. The van der Waals surface area contributed by atoms with E-state index in [0.717, 1.165) is 46.7 Å². The zero-order valence-corrected chi connectivity index (χ0v) is 22.5. The molecule has 3 N–H and O–H groups in total. The lowest BCUT2D eigenvalue weighted by atomic mass is 10.0. The largest absolute Gasteiger partial charge is 0.387 e. The normalized spacial score (nSPS) is 11.9. The molecular weight excluding hydrogens is 471 g/mol. The third kappa shape index (κ3) is 8.05. The van der Waals surface area contributed by atoms with Gasteiger partial charge in [0.15, 0.2) is 0 Å². The number of carbonyl (C=O) groups excluding carboxylic acids is 1. The molecule has 2 rings (SSSR count). The Morgan fingerprint density at radius 2 is 1.67 bits per heavy atom. The minimum atomic E-state index is -0.0933. The van der Waals surface area contributed by atoms with Crippen molar-refractivity contribution in [3.63, 3.8) is 0 Å². The number of allylic oxidation sites excluding steroid dienone is 4. The van der Waals surface area contributed by atoms with Gasteiger partial charge in [0, 0.05) is 38.6 Å². The maximum Gasteiger partial charge on any atom is 0.253 e. The van der Waals surface area contributed by atoms with E-state index in [2.05, 4.69) is 42.1 Å². The van der Waals surface area contributed by atoms with Crippen LogP contribution in [0.25, 0.3) is 5.57 Å². The van der Waals surface area contributed by atoms with Crippen LogP contribution < -0.4 is 16.0 Å². The highest BCUT2D eigenvalue weighted by atomic mass is 32.2. The van der Waals surface area contributed by atoms with Crippen molar-refractivity contribution in [1.29, 1.82) is 0 Å². The van der Waals surface area contributed by atoms with Crippen LogP contribution >= 0.6 is 12.1 Å². The van der Waals surface area contributed by atoms with Crippen LogP contribution in [0.2, 0.25) is 0 Å². The van der Waals surface area contributed by atoms with Crippen LogP contribution in [0.5, 0.6) is 0 Å². The third-order valence-electron chi connectivity index (χ3n) is 5.93. The van der Waals surface area contributed by atoms with Crippen molar-refractivity contribution < 1.29 is 8.68 Å². The quantitative estimate of drug-likeness (QED) is 0.197. The second kappa shape index (κ2) is 14.8. The summed E-state index contributed by atoms with van der Waals surface area (Å²) in [6.07, 6.45) is 5.14. The Kier molecular flexibility index (Phi) is 11.9. The number of hydrogen-bond donors (Lipinski definition) is 3. The predicted molar refractivity (Wildman–Crippen MR) is 153 cm³/mol. The maximum atomic E-state index is 13.4. The van der Waals surface area contributed by atoms with Gasteiger partial charge in [-0.2, -0.15) is 3.89 Å². The molecule has 36 heavy (non-hydrogen) atoms. The van der Waals surface area contributed by atoms with E-state index in [1.165, 1.54) is 6.08 Å². The first-order chi connectivity index (χ1) is 17.3. The van der Waals surface area contributed by atoms with Gasteiger partial charge in [-0.1, -0.05) is 55.6 Å². The molecule has 5 nitrogen and oxygen atoms in total. The first-order valence-electron chi connectivity index (χ1n) is 11.9. The number of halogens is 1. The molecule has 0 saturated heterocycles. The van der Waals surface area contributed by atoms with Gasteiger partial charge in [-0.05, 0) is 61.6 Å². The van der Waals surface area contributed by atoms with Crippen LogP contribution in [0.4, 0.5) is 9.57 Å². The summed E-state index contributed by atoms with van der Waals surface area (Å²) in [6.45, 7) is 13.1. The summed E-state index contributed by atoms with van der Waals surface area (Å²) < 4.78 is 13.4. The fourth-order valence-corrected chi connectivity index (χ4v) is 4.00. The van der Waals surface area contributed by atoms with E-state index in [-0.39, 0.29) is 18.1 Å². The van der Waals surface area contributed by atoms with Gasteiger partial charge in [0.05, 0.1) is 22.6 Å². The molecule has 0 saturated carbocycles. The van der Waals surface area contributed by atoms with Crippen LogP contribution in [-0.2, 0) is 0 Å². The minimum Gasteiger partial charge on any atom is -0.387 e. The van der Waals surface area contributed by atoms with E-state index in [4.69, 9.17) is 0 Å². The third-order valence-corrected chi connectivity index (χ3v) is 6.56. The highest BCUT2D eigenvalue weighted by molar-refractivity contribution is 7.98. The van der Waals surface area contributed by atoms with Gasteiger partial charge in [0.2, 0.25) is 0 Å². The van der Waals surface area contributed by atoms with Crippen molar-refractivity contribution >= 4 is 29.3 Å². The van der Waals surface area contributed by atoms with E-state index >= 15 is 0 Å². The molecule has 0 heterocycles. The van der Waals surface area contributed by atoms with Crippen molar-refractivity contribution in [2.45, 2.75) is 26.7 Å². The summed E-state index contributed by atoms with van der Waals surface area (Å²) in [5.74, 6) is 0.713. The van der Waals surface area contributed by atoms with Crippen LogP contribution in [0.3, 0.4) is 0 Å². The average molecular weight is 509 g/mol. The molecule has 0 aliphatic heterocycles. The highest BCUT2D eigenvalue weighted by Crippen LogP contribution is 2.26. The number of rotatable bonds is 14. The second-order valence-electron chi connectivity index (χ2n) is 8.35. The molecule has 192 valence electrons. The van der Waals surface area contributed by atoms with Crippen LogP contribution in [0.15, 0.2) is 90.3 Å². The number of benzene rings is 2. The van der Waals surface area contributed by atoms with Gasteiger partial charge in [0.25, 0.3) is 5.91 Å². The predicted octanol–water partition coefficient (Wildman–Crippen LogP) is 6.66. The summed E-state index contributed by atoms with van der Waals surface area (Å²) in [6, 6.07) is 15.5. The van der Waals surface area contributed by atoms with Crippen molar-refractivity contribution in [1.82, 2.24) is 15.5 Å². The van der Waals surface area contributed by atoms with Gasteiger partial charge in [-0.25, -0.2) is 0 Å². The SMILES string of the molecule is C=C/C(SF)=C(/C)N(C)/C(=C\C(=C)c1ccccc1C)NCCCCNC(=O)c1ccccc1NC. The van der Waals surface area contributed by atoms with E-state index in [0.29, 0.717) is 23.6 Å². The molecule has 0 fully saturated rings. The smallest absolute Gasteiger partial charge is 0.253 e. The fourth-order valence-electron chi connectivity index (χ4n) is 3.69. The van der Waals surface area contributed by atoms with Crippen molar-refractivity contribution in [3.05, 3.63) is 107 Å². The van der Waals surface area contributed by atoms with Gasteiger partial charge < -0.3 is 20.9 Å². The summed E-state index contributed by atoms with van der Waals surface area (Å²) in [5.41, 5.74) is 5.22. The zero-order chi connectivity index (χ0) is 26.5. The topological polar surface area (TPSA) is 56.4 Å². The number of carbonyl (C=O) groups is 1. The summed E-state index contributed by atoms with van der Waals surface area (Å²) in [4.78, 5) is 14.9. The highest BCUT2D eigenvalue weighted by Gasteiger charge is 2.13. The summed E-state index contributed by atoms with van der Waals surface area (Å²) in [5, 5.41) is 9.49. The molecular formula is C29H37FN4OS. The van der Waals surface area contributed by atoms with Crippen molar-refractivity contribution in [3.8, 4) is 0 Å². The van der Waals surface area contributed by atoms with Crippen LogP contribution in [0, 0.1) is 6.92 Å². The lowest BCUT2D eigenvalue weighted by Crippen LogP contribution is -2.30. The molecule has 2 aromatic carbocycles. The van der Waals surface area contributed by atoms with Gasteiger partial charge >= 0.3 is 0 Å². The zero-order valence-electron chi connectivity index (χ0n) is 21.7. The van der Waals surface area contributed by atoms with E-state index in [9.17, 15) is 8.68 Å². The number of hydrogen-bond acceptors (Lipinski definition) is 5. The first-order valence-corrected chi connectivity index (χ1v) is 12.7. The maximum absolute atomic E-state index is 13.4. The number of nitrogens with one attached hydrogen (secondary N) is 3. The van der Waals surface area contributed by atoms with Crippen LogP contribution in [0.1, 0.15) is 41.3 Å². The van der Waals surface area contributed by atoms with Gasteiger partial charge in [-0.3, -0.25) is 4.79 Å². The Balaban J connectivity index is 2.03.